The van der Waals surface area contributed by atoms with E-state index in [9.17, 15) is 14.7 Å². The number of carboxylic acids is 1. The van der Waals surface area contributed by atoms with Crippen molar-refractivity contribution in [2.75, 3.05) is 6.54 Å². The average Bonchev–Trinajstić information content (AvgIpc) is 3.07. The highest BCUT2D eigenvalue weighted by atomic mass is 32.2. The first-order chi connectivity index (χ1) is 13.3. The number of hydrogen-bond donors (Lipinski definition) is 2. The summed E-state index contributed by atoms with van der Waals surface area (Å²) in [7, 11) is -2.03. The van der Waals surface area contributed by atoms with E-state index in [1.165, 1.54) is 4.90 Å². The SMILES string of the molecule is C[C@@H](O[Si](C)(C)C(C)(C)C)[C@H]1C(=O)N2C(C(=O)O)=C(S[C@H]3CNC(=S)C3)[C@H](C)[C@H]12. The van der Waals surface area contributed by atoms with Gasteiger partial charge in [-0.2, -0.15) is 0 Å². The summed E-state index contributed by atoms with van der Waals surface area (Å²) in [6.07, 6.45) is 0.517. The Labute approximate surface area is 183 Å². The number of fused-ring (bicyclic) bond motifs is 1. The predicted octanol–water partition coefficient (Wildman–Crippen LogP) is 3.59. The van der Waals surface area contributed by atoms with Gasteiger partial charge in [0.1, 0.15) is 5.70 Å². The summed E-state index contributed by atoms with van der Waals surface area (Å²) in [6, 6.07) is -0.141. The molecule has 1 amide bonds. The lowest BCUT2D eigenvalue weighted by molar-refractivity contribution is -0.162. The van der Waals surface area contributed by atoms with Crippen molar-refractivity contribution in [1.29, 1.82) is 0 Å². The van der Waals surface area contributed by atoms with Gasteiger partial charge in [-0.1, -0.05) is 39.9 Å². The molecule has 5 atom stereocenters. The van der Waals surface area contributed by atoms with Crippen LogP contribution in [0.4, 0.5) is 0 Å². The van der Waals surface area contributed by atoms with Gasteiger partial charge in [0.05, 0.1) is 23.1 Å². The Bertz CT molecular complexity index is 777. The molecule has 162 valence electrons. The average molecular weight is 457 g/mol. The number of carbonyl (C=O) groups is 2. The maximum atomic E-state index is 13.0. The van der Waals surface area contributed by atoms with Gasteiger partial charge in [0.25, 0.3) is 0 Å². The van der Waals surface area contributed by atoms with Crippen molar-refractivity contribution in [3.8, 4) is 0 Å². The van der Waals surface area contributed by atoms with Crippen molar-refractivity contribution in [3.05, 3.63) is 10.6 Å². The van der Waals surface area contributed by atoms with Crippen molar-refractivity contribution in [3.63, 3.8) is 0 Å². The maximum Gasteiger partial charge on any atom is 0.353 e. The summed E-state index contributed by atoms with van der Waals surface area (Å²) < 4.78 is 6.50. The minimum Gasteiger partial charge on any atom is -0.477 e. The molecule has 0 aromatic heterocycles. The third-order valence-corrected chi connectivity index (χ3v) is 13.2. The molecule has 3 aliphatic rings. The lowest BCUT2D eigenvalue weighted by atomic mass is 9.79. The number of thiocarbonyl (C=S) groups is 1. The van der Waals surface area contributed by atoms with Crippen LogP contribution in [0.1, 0.15) is 41.0 Å². The summed E-state index contributed by atoms with van der Waals surface area (Å²) in [5.41, 5.74) is 0.158. The second-order valence-electron chi connectivity index (χ2n) is 9.86. The first-order valence-corrected chi connectivity index (χ1v) is 14.4. The van der Waals surface area contributed by atoms with Gasteiger partial charge in [-0.25, -0.2) is 4.79 Å². The van der Waals surface area contributed by atoms with Crippen LogP contribution in [0.5, 0.6) is 0 Å². The Kier molecular flexibility index (Phi) is 6.01. The first kappa shape index (κ1) is 22.8. The van der Waals surface area contributed by atoms with Gasteiger partial charge in [0.2, 0.25) is 5.91 Å². The number of carbonyl (C=O) groups excluding carboxylic acids is 1. The summed E-state index contributed by atoms with van der Waals surface area (Å²) in [4.78, 5) is 28.2. The number of hydrogen-bond acceptors (Lipinski definition) is 5. The Morgan fingerprint density at radius 2 is 2.03 bits per heavy atom. The molecule has 0 spiro atoms. The van der Waals surface area contributed by atoms with E-state index in [2.05, 4.69) is 39.2 Å². The zero-order valence-electron chi connectivity index (χ0n) is 18.2. The Morgan fingerprint density at radius 1 is 1.41 bits per heavy atom. The van der Waals surface area contributed by atoms with Crippen LogP contribution in [0.15, 0.2) is 10.6 Å². The van der Waals surface area contributed by atoms with Crippen LogP contribution >= 0.6 is 24.0 Å². The zero-order valence-corrected chi connectivity index (χ0v) is 20.9. The number of carboxylic acid groups (broad SMARTS) is 1. The minimum absolute atomic E-state index is 0.0200. The van der Waals surface area contributed by atoms with Crippen LogP contribution in [0.3, 0.4) is 0 Å². The number of rotatable bonds is 6. The highest BCUT2D eigenvalue weighted by Crippen LogP contribution is 2.52. The van der Waals surface area contributed by atoms with E-state index in [1.54, 1.807) is 11.8 Å². The zero-order chi connectivity index (χ0) is 21.9. The fraction of sp³-hybridized carbons (Fsp3) is 0.750. The standard InChI is InChI=1S/C20H32N2O4S2Si/c1-10-15-14(11(2)26-29(6,7)20(3,4)5)18(23)22(15)16(19(24)25)17(10)28-12-8-13(27)21-9-12/h10-12,14-15H,8-9H2,1-7H3,(H,21,27)(H,24,25)/t10-,11-,12-,14-,15-/m1/s1. The van der Waals surface area contributed by atoms with Crippen molar-refractivity contribution in [2.24, 2.45) is 11.8 Å². The van der Waals surface area contributed by atoms with Crippen LogP contribution in [0, 0.1) is 11.8 Å². The molecular weight excluding hydrogens is 424 g/mol. The highest BCUT2D eigenvalue weighted by Gasteiger charge is 2.61. The Morgan fingerprint density at radius 3 is 2.52 bits per heavy atom. The molecule has 29 heavy (non-hydrogen) atoms. The lowest BCUT2D eigenvalue weighted by Crippen LogP contribution is -2.65. The molecule has 0 radical (unpaired) electrons. The van der Waals surface area contributed by atoms with Gasteiger partial charge in [0, 0.05) is 29.0 Å². The number of nitrogens with zero attached hydrogens (tertiary/aromatic N) is 1. The quantitative estimate of drug-likeness (QED) is 0.359. The number of nitrogens with one attached hydrogen (secondary N) is 1. The molecule has 2 saturated heterocycles. The normalized spacial score (nSPS) is 30.9. The molecule has 6 nitrogen and oxygen atoms in total. The smallest absolute Gasteiger partial charge is 0.353 e. The van der Waals surface area contributed by atoms with E-state index < -0.39 is 14.3 Å². The maximum absolute atomic E-state index is 13.0. The minimum atomic E-state index is -2.03. The number of thioether (sulfide) groups is 1. The van der Waals surface area contributed by atoms with Crippen LogP contribution in [-0.4, -0.2) is 59.1 Å². The van der Waals surface area contributed by atoms with Gasteiger partial charge >= 0.3 is 5.97 Å². The van der Waals surface area contributed by atoms with Gasteiger partial charge in [-0.3, -0.25) is 4.79 Å². The van der Waals surface area contributed by atoms with Gasteiger partial charge in [-0.15, -0.1) is 11.8 Å². The summed E-state index contributed by atoms with van der Waals surface area (Å²) in [5.74, 6) is -1.47. The first-order valence-electron chi connectivity index (χ1n) is 10.2. The second kappa shape index (κ2) is 7.66. The van der Waals surface area contributed by atoms with Crippen LogP contribution < -0.4 is 5.32 Å². The molecule has 2 N–H and O–H groups in total. The topological polar surface area (TPSA) is 78.9 Å². The number of β-lactam (4-membered cyclic amide) rings is 1. The van der Waals surface area contributed by atoms with Crippen LogP contribution in [0.2, 0.25) is 18.1 Å². The Balaban J connectivity index is 1.81. The highest BCUT2D eigenvalue weighted by molar-refractivity contribution is 8.03. The molecule has 3 aliphatic heterocycles. The predicted molar refractivity (Wildman–Crippen MR) is 122 cm³/mol. The lowest BCUT2D eigenvalue weighted by Gasteiger charge is -2.50. The molecule has 0 unspecified atom stereocenters. The van der Waals surface area contributed by atoms with Crippen LogP contribution in [0.25, 0.3) is 0 Å². The van der Waals surface area contributed by atoms with Gasteiger partial charge in [0.15, 0.2) is 8.32 Å². The third-order valence-electron chi connectivity index (χ3n) is 6.82. The second-order valence-corrected chi connectivity index (χ2v) is 16.5. The molecule has 2 fully saturated rings. The molecule has 0 saturated carbocycles. The van der Waals surface area contributed by atoms with E-state index in [0.29, 0.717) is 0 Å². The molecule has 0 aromatic carbocycles. The fourth-order valence-corrected chi connectivity index (χ4v) is 7.47. The fourth-order valence-electron chi connectivity index (χ4n) is 4.22. The Hall–Kier alpha value is -0.903. The molecule has 3 rings (SSSR count). The van der Waals surface area contributed by atoms with E-state index >= 15 is 0 Å². The van der Waals surface area contributed by atoms with Crippen molar-refractivity contribution in [2.45, 2.75) is 76.6 Å². The van der Waals surface area contributed by atoms with Gasteiger partial charge in [-0.05, 0) is 25.1 Å². The third kappa shape index (κ3) is 3.91. The molecule has 0 bridgehead atoms. The molecule has 0 aliphatic carbocycles. The van der Waals surface area contributed by atoms with Gasteiger partial charge < -0.3 is 19.7 Å². The largest absolute Gasteiger partial charge is 0.477 e. The molecule has 9 heteroatoms. The monoisotopic (exact) mass is 456 g/mol. The van der Waals surface area contributed by atoms with Crippen molar-refractivity contribution >= 4 is 49.2 Å². The van der Waals surface area contributed by atoms with Crippen LogP contribution in [-0.2, 0) is 14.0 Å². The van der Waals surface area contributed by atoms with E-state index in [4.69, 9.17) is 16.6 Å². The summed E-state index contributed by atoms with van der Waals surface area (Å²) in [6.45, 7) is 15.6. The van der Waals surface area contributed by atoms with E-state index in [0.717, 1.165) is 22.9 Å². The number of amides is 1. The van der Waals surface area contributed by atoms with E-state index in [1.807, 2.05) is 13.8 Å². The summed E-state index contributed by atoms with van der Waals surface area (Å²) >= 11 is 6.79. The molecule has 0 aromatic rings. The van der Waals surface area contributed by atoms with Crippen molar-refractivity contribution in [1.82, 2.24) is 10.2 Å². The number of aliphatic carboxylic acids is 1. The molecule has 3 heterocycles. The van der Waals surface area contributed by atoms with E-state index in [-0.39, 0.29) is 45.9 Å². The van der Waals surface area contributed by atoms with Crippen molar-refractivity contribution < 1.29 is 19.1 Å². The molecular formula is C20H32N2O4S2Si. The summed E-state index contributed by atoms with van der Waals surface area (Å²) in [5, 5.41) is 13.3.